The minimum atomic E-state index is 0.694. The van der Waals surface area contributed by atoms with Gasteiger partial charge in [-0.2, -0.15) is 11.3 Å². The fourth-order valence-corrected chi connectivity index (χ4v) is 3.20. The fraction of sp³-hybridized carbons (Fsp3) is 0.167. The first-order chi connectivity index (χ1) is 7.75. The Morgan fingerprint density at radius 3 is 2.88 bits per heavy atom. The van der Waals surface area contributed by atoms with Gasteiger partial charge in [0.2, 0.25) is 0 Å². The van der Waals surface area contributed by atoms with E-state index >= 15 is 0 Å². The number of anilines is 1. The van der Waals surface area contributed by atoms with E-state index in [-0.39, 0.29) is 0 Å². The number of rotatable bonds is 4. The predicted molar refractivity (Wildman–Crippen MR) is 74.6 cm³/mol. The van der Waals surface area contributed by atoms with E-state index in [1.165, 1.54) is 5.56 Å². The number of thioether (sulfide) groups is 1. The first kappa shape index (κ1) is 11.8. The highest BCUT2D eigenvalue weighted by Gasteiger charge is 2.01. The molecule has 2 aromatic rings. The Morgan fingerprint density at radius 1 is 1.31 bits per heavy atom. The molecule has 1 nitrogen and oxygen atoms in total. The smallest absolute Gasteiger partial charge is 0.0467 e. The molecular weight excluding hydrogens is 258 g/mol. The van der Waals surface area contributed by atoms with Crippen LogP contribution >= 0.6 is 34.7 Å². The molecule has 0 bridgehead atoms. The van der Waals surface area contributed by atoms with Gasteiger partial charge in [0.25, 0.3) is 0 Å². The van der Waals surface area contributed by atoms with E-state index in [0.717, 1.165) is 22.8 Å². The standard InChI is InChI=1S/C12H12ClNS2/c13-10-1-2-12(11(14)7-10)16-6-4-9-3-5-15-8-9/h1-3,5,7-8H,4,6,14H2. The maximum atomic E-state index is 5.88. The van der Waals surface area contributed by atoms with Crippen LogP contribution in [-0.2, 0) is 6.42 Å². The maximum absolute atomic E-state index is 5.88. The largest absolute Gasteiger partial charge is 0.398 e. The van der Waals surface area contributed by atoms with Crippen molar-refractivity contribution in [1.29, 1.82) is 0 Å². The first-order valence-corrected chi connectivity index (χ1v) is 7.25. The van der Waals surface area contributed by atoms with Crippen molar-refractivity contribution in [2.75, 3.05) is 11.5 Å². The minimum absolute atomic E-state index is 0.694. The summed E-state index contributed by atoms with van der Waals surface area (Å²) < 4.78 is 0. The van der Waals surface area contributed by atoms with Crippen LogP contribution < -0.4 is 5.73 Å². The Balaban J connectivity index is 1.90. The molecule has 0 saturated heterocycles. The summed E-state index contributed by atoms with van der Waals surface area (Å²) in [5, 5.41) is 4.99. The van der Waals surface area contributed by atoms with Crippen LogP contribution in [0.15, 0.2) is 39.9 Å². The van der Waals surface area contributed by atoms with Crippen LogP contribution in [0.1, 0.15) is 5.56 Å². The van der Waals surface area contributed by atoms with Crippen LogP contribution in [0.2, 0.25) is 5.02 Å². The van der Waals surface area contributed by atoms with Crippen molar-refractivity contribution < 1.29 is 0 Å². The number of nitrogens with two attached hydrogens (primary N) is 1. The molecule has 2 N–H and O–H groups in total. The zero-order valence-electron chi connectivity index (χ0n) is 8.65. The van der Waals surface area contributed by atoms with Crippen molar-refractivity contribution in [2.45, 2.75) is 11.3 Å². The average Bonchev–Trinajstić information content (AvgIpc) is 2.74. The Morgan fingerprint density at radius 2 is 2.19 bits per heavy atom. The molecule has 16 heavy (non-hydrogen) atoms. The van der Waals surface area contributed by atoms with Gasteiger partial charge in [-0.05, 0) is 47.0 Å². The molecular formula is C12H12ClNS2. The van der Waals surface area contributed by atoms with E-state index in [1.807, 2.05) is 12.1 Å². The lowest BCUT2D eigenvalue weighted by molar-refractivity contribution is 1.17. The van der Waals surface area contributed by atoms with Crippen molar-refractivity contribution in [3.05, 3.63) is 45.6 Å². The van der Waals surface area contributed by atoms with Crippen LogP contribution in [-0.4, -0.2) is 5.75 Å². The summed E-state index contributed by atoms with van der Waals surface area (Å²) in [6.45, 7) is 0. The number of hydrogen-bond acceptors (Lipinski definition) is 3. The van der Waals surface area contributed by atoms with Crippen LogP contribution in [0, 0.1) is 0 Å². The van der Waals surface area contributed by atoms with E-state index < -0.39 is 0 Å². The summed E-state index contributed by atoms with van der Waals surface area (Å²) in [4.78, 5) is 1.11. The molecule has 2 rings (SSSR count). The van der Waals surface area contributed by atoms with E-state index in [0.29, 0.717) is 5.02 Å². The van der Waals surface area contributed by atoms with E-state index in [2.05, 4.69) is 16.8 Å². The normalized spacial score (nSPS) is 10.6. The van der Waals surface area contributed by atoms with Gasteiger partial charge in [0.1, 0.15) is 0 Å². The second-order valence-corrected chi connectivity index (χ2v) is 5.77. The predicted octanol–water partition coefficient (Wildman–Crippen LogP) is 4.32. The summed E-state index contributed by atoms with van der Waals surface area (Å²) in [5.74, 6) is 1.04. The summed E-state index contributed by atoms with van der Waals surface area (Å²) in [5.41, 5.74) is 8.04. The third-order valence-electron chi connectivity index (χ3n) is 2.20. The zero-order chi connectivity index (χ0) is 11.4. The second-order valence-electron chi connectivity index (χ2n) is 3.41. The van der Waals surface area contributed by atoms with Gasteiger partial charge in [-0.3, -0.25) is 0 Å². The molecule has 0 aliphatic heterocycles. The topological polar surface area (TPSA) is 26.0 Å². The van der Waals surface area contributed by atoms with Gasteiger partial charge in [0.15, 0.2) is 0 Å². The molecule has 0 aliphatic carbocycles. The SMILES string of the molecule is Nc1cc(Cl)ccc1SCCc1ccsc1. The Kier molecular flexibility index (Phi) is 4.16. The zero-order valence-corrected chi connectivity index (χ0v) is 11.0. The third-order valence-corrected chi connectivity index (χ3v) is 4.26. The van der Waals surface area contributed by atoms with Gasteiger partial charge in [0, 0.05) is 21.4 Å². The number of thiophene rings is 1. The maximum Gasteiger partial charge on any atom is 0.0467 e. The molecule has 0 saturated carbocycles. The van der Waals surface area contributed by atoms with Crippen LogP contribution in [0.25, 0.3) is 0 Å². The highest BCUT2D eigenvalue weighted by molar-refractivity contribution is 7.99. The Labute approximate surface area is 109 Å². The fourth-order valence-electron chi connectivity index (χ4n) is 1.36. The summed E-state index contributed by atoms with van der Waals surface area (Å²) >= 11 is 9.36. The van der Waals surface area contributed by atoms with E-state index in [1.54, 1.807) is 29.2 Å². The van der Waals surface area contributed by atoms with Gasteiger partial charge in [0.05, 0.1) is 0 Å². The monoisotopic (exact) mass is 269 g/mol. The lowest BCUT2D eigenvalue weighted by Crippen LogP contribution is -1.91. The first-order valence-electron chi connectivity index (χ1n) is 4.94. The molecule has 1 aromatic carbocycles. The Bertz CT molecular complexity index is 454. The number of aryl methyl sites for hydroxylation is 1. The molecule has 0 atom stereocenters. The van der Waals surface area contributed by atoms with Crippen molar-refractivity contribution >= 4 is 40.4 Å². The number of halogens is 1. The van der Waals surface area contributed by atoms with E-state index in [9.17, 15) is 0 Å². The molecule has 0 unspecified atom stereocenters. The number of benzene rings is 1. The molecule has 0 radical (unpaired) electrons. The van der Waals surface area contributed by atoms with Crippen molar-refractivity contribution in [2.24, 2.45) is 0 Å². The highest BCUT2D eigenvalue weighted by atomic mass is 35.5. The molecule has 4 heteroatoms. The average molecular weight is 270 g/mol. The van der Waals surface area contributed by atoms with Crippen molar-refractivity contribution in [1.82, 2.24) is 0 Å². The molecule has 0 fully saturated rings. The van der Waals surface area contributed by atoms with E-state index in [4.69, 9.17) is 17.3 Å². The van der Waals surface area contributed by atoms with Gasteiger partial charge >= 0.3 is 0 Å². The van der Waals surface area contributed by atoms with Gasteiger partial charge in [-0.1, -0.05) is 11.6 Å². The summed E-state index contributed by atoms with van der Waals surface area (Å²) in [6.07, 6.45) is 1.08. The quantitative estimate of drug-likeness (QED) is 0.661. The third kappa shape index (κ3) is 3.17. The lowest BCUT2D eigenvalue weighted by Gasteiger charge is -2.05. The second kappa shape index (κ2) is 5.62. The van der Waals surface area contributed by atoms with Crippen LogP contribution in [0.3, 0.4) is 0 Å². The molecule has 1 aromatic heterocycles. The van der Waals surface area contributed by atoms with Crippen molar-refractivity contribution in [3.63, 3.8) is 0 Å². The highest BCUT2D eigenvalue weighted by Crippen LogP contribution is 2.28. The van der Waals surface area contributed by atoms with Crippen LogP contribution in [0.5, 0.6) is 0 Å². The summed E-state index contributed by atoms with van der Waals surface area (Å²) in [6, 6.07) is 7.83. The summed E-state index contributed by atoms with van der Waals surface area (Å²) in [7, 11) is 0. The molecule has 84 valence electrons. The van der Waals surface area contributed by atoms with Gasteiger partial charge in [-0.15, -0.1) is 11.8 Å². The Hall–Kier alpha value is -0.640. The molecule has 0 spiro atoms. The number of nitrogen functional groups attached to an aromatic ring is 1. The molecule has 1 heterocycles. The van der Waals surface area contributed by atoms with Gasteiger partial charge < -0.3 is 5.73 Å². The minimum Gasteiger partial charge on any atom is -0.398 e. The van der Waals surface area contributed by atoms with Gasteiger partial charge in [-0.25, -0.2) is 0 Å². The van der Waals surface area contributed by atoms with Crippen LogP contribution in [0.4, 0.5) is 5.69 Å². The number of hydrogen-bond donors (Lipinski definition) is 1. The molecule has 0 amide bonds. The lowest BCUT2D eigenvalue weighted by atomic mass is 10.3. The van der Waals surface area contributed by atoms with Crippen molar-refractivity contribution in [3.8, 4) is 0 Å². The molecule has 0 aliphatic rings.